The van der Waals surface area contributed by atoms with Gasteiger partial charge in [0.25, 0.3) is 0 Å². The van der Waals surface area contributed by atoms with E-state index in [1.54, 1.807) is 0 Å². The molecule has 2 amide bonds. The molecule has 0 spiro atoms. The largest absolute Gasteiger partial charge is 0.480 e. The molecule has 0 aromatic carbocycles. The first-order valence-corrected chi connectivity index (χ1v) is 7.73. The van der Waals surface area contributed by atoms with Crippen molar-refractivity contribution in [3.05, 3.63) is 0 Å². The first-order valence-electron chi connectivity index (χ1n) is 6.44. The molecule has 6 nitrogen and oxygen atoms in total. The second kappa shape index (κ2) is 7.59. The number of carbonyl (C=O) groups is 2. The van der Waals surface area contributed by atoms with Gasteiger partial charge in [-0.05, 0) is 38.9 Å². The Balaban J connectivity index is 2.37. The fraction of sp³-hybridized carbons (Fsp3) is 0.833. The van der Waals surface area contributed by atoms with Gasteiger partial charge in [0.15, 0.2) is 6.04 Å². The Kier molecular flexibility index (Phi) is 6.44. The number of carboxylic acids is 1. The highest BCUT2D eigenvalue weighted by atomic mass is 32.2. The van der Waals surface area contributed by atoms with Crippen molar-refractivity contribution in [2.24, 2.45) is 0 Å². The maximum atomic E-state index is 11.7. The van der Waals surface area contributed by atoms with Crippen LogP contribution in [-0.2, 0) is 4.79 Å². The first kappa shape index (κ1) is 16.1. The molecule has 4 N–H and O–H groups in total. The number of rotatable bonds is 5. The molecule has 110 valence electrons. The Hall–Kier alpha value is -0.950. The molecule has 7 heteroatoms. The lowest BCUT2D eigenvalue weighted by atomic mass is 9.95. The summed E-state index contributed by atoms with van der Waals surface area (Å²) in [6, 6.07) is -1.71. The third kappa shape index (κ3) is 5.28. The highest BCUT2D eigenvalue weighted by Gasteiger charge is 2.27. The Labute approximate surface area is 117 Å². The SMILES string of the molecule is CSC1CCC(NC(=O)N[C@H](C(=O)O)[C@@H](C)O)CC1. The van der Waals surface area contributed by atoms with Crippen LogP contribution in [0.4, 0.5) is 4.79 Å². The molecule has 0 aromatic heterocycles. The van der Waals surface area contributed by atoms with Crippen molar-refractivity contribution in [2.45, 2.75) is 56.0 Å². The van der Waals surface area contributed by atoms with Gasteiger partial charge in [0.2, 0.25) is 0 Å². The van der Waals surface area contributed by atoms with Crippen molar-refractivity contribution >= 4 is 23.8 Å². The quantitative estimate of drug-likeness (QED) is 0.600. The lowest BCUT2D eigenvalue weighted by molar-refractivity contribution is -0.141. The van der Waals surface area contributed by atoms with Crippen LogP contribution in [0, 0.1) is 0 Å². The maximum absolute atomic E-state index is 11.7. The second-order valence-corrected chi connectivity index (χ2v) is 6.02. The summed E-state index contributed by atoms with van der Waals surface area (Å²) in [6.07, 6.45) is 4.90. The zero-order valence-corrected chi connectivity index (χ0v) is 12.1. The fourth-order valence-corrected chi connectivity index (χ4v) is 2.94. The van der Waals surface area contributed by atoms with Crippen molar-refractivity contribution in [2.75, 3.05) is 6.26 Å². The number of aliphatic hydroxyl groups excluding tert-OH is 1. The van der Waals surface area contributed by atoms with E-state index in [0.717, 1.165) is 25.7 Å². The van der Waals surface area contributed by atoms with Crippen LogP contribution in [0.15, 0.2) is 0 Å². The summed E-state index contributed by atoms with van der Waals surface area (Å²) in [7, 11) is 0. The van der Waals surface area contributed by atoms with E-state index in [1.807, 2.05) is 11.8 Å². The normalized spacial score (nSPS) is 26.3. The molecule has 1 aliphatic rings. The molecule has 0 radical (unpaired) electrons. The number of aliphatic hydroxyl groups is 1. The van der Waals surface area contributed by atoms with Crippen LogP contribution in [0.25, 0.3) is 0 Å². The number of amides is 2. The van der Waals surface area contributed by atoms with Gasteiger partial charge >= 0.3 is 12.0 Å². The van der Waals surface area contributed by atoms with Gasteiger partial charge in [0.05, 0.1) is 6.10 Å². The van der Waals surface area contributed by atoms with Crippen molar-refractivity contribution in [3.8, 4) is 0 Å². The monoisotopic (exact) mass is 290 g/mol. The van der Waals surface area contributed by atoms with Crippen LogP contribution in [-0.4, -0.2) is 51.9 Å². The minimum absolute atomic E-state index is 0.0897. The minimum atomic E-state index is -1.28. The van der Waals surface area contributed by atoms with Crippen molar-refractivity contribution in [3.63, 3.8) is 0 Å². The van der Waals surface area contributed by atoms with Crippen LogP contribution in [0.2, 0.25) is 0 Å². The molecule has 0 heterocycles. The van der Waals surface area contributed by atoms with Gasteiger partial charge in [-0.25, -0.2) is 9.59 Å². The van der Waals surface area contributed by atoms with Crippen molar-refractivity contribution in [1.29, 1.82) is 0 Å². The molecule has 0 bridgehead atoms. The van der Waals surface area contributed by atoms with E-state index in [2.05, 4.69) is 16.9 Å². The number of thioether (sulfide) groups is 1. The standard InChI is InChI=1S/C12H22N2O4S/c1-7(15)10(11(16)17)14-12(18)13-8-3-5-9(19-2)6-4-8/h7-10,15H,3-6H2,1-2H3,(H,16,17)(H2,13,14,18)/t7-,8?,9?,10+/m1/s1. The molecule has 1 fully saturated rings. The lowest BCUT2D eigenvalue weighted by Crippen LogP contribution is -2.53. The topological polar surface area (TPSA) is 98.7 Å². The summed E-state index contributed by atoms with van der Waals surface area (Å²) in [5.74, 6) is -1.24. The van der Waals surface area contributed by atoms with Gasteiger partial charge in [-0.1, -0.05) is 0 Å². The average molecular weight is 290 g/mol. The highest BCUT2D eigenvalue weighted by Crippen LogP contribution is 2.26. The molecule has 19 heavy (non-hydrogen) atoms. The van der Waals surface area contributed by atoms with Crippen LogP contribution < -0.4 is 10.6 Å². The predicted octanol–water partition coefficient (Wildman–Crippen LogP) is 0.794. The number of hydrogen-bond donors (Lipinski definition) is 4. The van der Waals surface area contributed by atoms with Crippen molar-refractivity contribution < 1.29 is 19.8 Å². The van der Waals surface area contributed by atoms with Crippen LogP contribution >= 0.6 is 11.8 Å². The van der Waals surface area contributed by atoms with Gasteiger partial charge in [-0.3, -0.25) is 0 Å². The average Bonchev–Trinajstić information content (AvgIpc) is 2.36. The summed E-state index contributed by atoms with van der Waals surface area (Å²) >= 11 is 1.85. The van der Waals surface area contributed by atoms with E-state index in [4.69, 9.17) is 5.11 Å². The molecule has 0 unspecified atom stereocenters. The summed E-state index contributed by atoms with van der Waals surface area (Å²) < 4.78 is 0. The number of nitrogens with one attached hydrogen (secondary N) is 2. The lowest BCUT2D eigenvalue weighted by Gasteiger charge is -2.28. The van der Waals surface area contributed by atoms with Crippen molar-refractivity contribution in [1.82, 2.24) is 10.6 Å². The van der Waals surface area contributed by atoms with Crippen LogP contribution in [0.1, 0.15) is 32.6 Å². The predicted molar refractivity (Wildman–Crippen MR) is 74.3 cm³/mol. The number of aliphatic carboxylic acids is 1. The van der Waals surface area contributed by atoms with Gasteiger partial charge in [0.1, 0.15) is 0 Å². The number of carboxylic acid groups (broad SMARTS) is 1. The maximum Gasteiger partial charge on any atom is 0.328 e. The van der Waals surface area contributed by atoms with E-state index in [1.165, 1.54) is 6.92 Å². The van der Waals surface area contributed by atoms with E-state index in [9.17, 15) is 14.7 Å². The third-order valence-corrected chi connectivity index (χ3v) is 4.52. The Morgan fingerprint density at radius 2 is 1.84 bits per heavy atom. The molecule has 1 rings (SSSR count). The van der Waals surface area contributed by atoms with E-state index in [0.29, 0.717) is 5.25 Å². The van der Waals surface area contributed by atoms with E-state index in [-0.39, 0.29) is 6.04 Å². The number of hydrogen-bond acceptors (Lipinski definition) is 4. The first-order chi connectivity index (χ1) is 8.93. The Morgan fingerprint density at radius 1 is 1.26 bits per heavy atom. The van der Waals surface area contributed by atoms with Gasteiger partial charge < -0.3 is 20.8 Å². The molecular formula is C12H22N2O4S. The van der Waals surface area contributed by atoms with Crippen LogP contribution in [0.3, 0.4) is 0 Å². The minimum Gasteiger partial charge on any atom is -0.480 e. The molecule has 0 saturated heterocycles. The summed E-state index contributed by atoms with van der Waals surface area (Å²) in [5, 5.41) is 23.8. The van der Waals surface area contributed by atoms with Gasteiger partial charge in [0, 0.05) is 11.3 Å². The molecule has 2 atom stereocenters. The zero-order chi connectivity index (χ0) is 14.4. The van der Waals surface area contributed by atoms with Crippen LogP contribution in [0.5, 0.6) is 0 Å². The molecule has 1 aliphatic carbocycles. The zero-order valence-electron chi connectivity index (χ0n) is 11.3. The molecule has 0 aromatic rings. The Bertz CT molecular complexity index is 317. The fourth-order valence-electron chi connectivity index (χ4n) is 2.20. The molecule has 0 aliphatic heterocycles. The highest BCUT2D eigenvalue weighted by molar-refractivity contribution is 7.99. The third-order valence-electron chi connectivity index (χ3n) is 3.38. The van der Waals surface area contributed by atoms with Gasteiger partial charge in [-0.2, -0.15) is 11.8 Å². The number of urea groups is 1. The second-order valence-electron chi connectivity index (χ2n) is 4.88. The van der Waals surface area contributed by atoms with Gasteiger partial charge in [-0.15, -0.1) is 0 Å². The smallest absolute Gasteiger partial charge is 0.328 e. The Morgan fingerprint density at radius 3 is 2.26 bits per heavy atom. The summed E-state index contributed by atoms with van der Waals surface area (Å²) in [6.45, 7) is 1.34. The molecule has 1 saturated carbocycles. The van der Waals surface area contributed by atoms with E-state index >= 15 is 0 Å². The summed E-state index contributed by atoms with van der Waals surface area (Å²) in [5.41, 5.74) is 0. The summed E-state index contributed by atoms with van der Waals surface area (Å²) in [4.78, 5) is 22.5. The molecular weight excluding hydrogens is 268 g/mol. The van der Waals surface area contributed by atoms with E-state index < -0.39 is 24.1 Å². The number of carbonyl (C=O) groups excluding carboxylic acids is 1.